The first kappa shape index (κ1) is 17.7. The molecule has 1 amide bonds. The molecule has 0 atom stereocenters. The number of aromatic nitrogens is 7. The number of hydrogen-bond acceptors (Lipinski definition) is 6. The molecule has 4 aromatic heterocycles. The number of carbonyl (C=O) groups is 1. The van der Waals surface area contributed by atoms with Crippen LogP contribution in [-0.4, -0.2) is 46.3 Å². The maximum atomic E-state index is 12.4. The van der Waals surface area contributed by atoms with Gasteiger partial charge >= 0.3 is 0 Å². The van der Waals surface area contributed by atoms with E-state index in [1.54, 1.807) is 17.1 Å². The van der Waals surface area contributed by atoms with E-state index in [9.17, 15) is 4.79 Å². The molecule has 0 aromatic carbocycles. The second kappa shape index (κ2) is 7.14. The Morgan fingerprint density at radius 3 is 2.79 bits per heavy atom. The highest BCUT2D eigenvalue weighted by atomic mass is 16.2. The highest BCUT2D eigenvalue weighted by Gasteiger charge is 2.15. The number of anilines is 1. The lowest BCUT2D eigenvalue weighted by Gasteiger charge is -2.08. The Kier molecular flexibility index (Phi) is 4.52. The number of nitrogen functional groups attached to an aromatic ring is 1. The van der Waals surface area contributed by atoms with Gasteiger partial charge in [-0.05, 0) is 32.0 Å². The molecule has 4 aromatic rings. The van der Waals surface area contributed by atoms with E-state index in [0.29, 0.717) is 42.3 Å². The molecule has 0 fully saturated rings. The zero-order valence-corrected chi connectivity index (χ0v) is 15.7. The fourth-order valence-electron chi connectivity index (χ4n) is 3.11. The van der Waals surface area contributed by atoms with E-state index in [2.05, 4.69) is 25.4 Å². The lowest BCUT2D eigenvalue weighted by Crippen LogP contribution is -2.29. The number of imidazole rings is 1. The average Bonchev–Trinajstić information content (AvgIpc) is 3.41. The molecule has 0 saturated heterocycles. The van der Waals surface area contributed by atoms with Crippen LogP contribution < -0.4 is 11.1 Å². The molecule has 10 nitrogen and oxygen atoms in total. The van der Waals surface area contributed by atoms with Gasteiger partial charge in [-0.3, -0.25) is 9.48 Å². The number of nitrogens with one attached hydrogen (secondary N) is 1. The van der Waals surface area contributed by atoms with Crippen LogP contribution in [0.25, 0.3) is 17.0 Å². The van der Waals surface area contributed by atoms with Crippen LogP contribution in [0.3, 0.4) is 0 Å². The van der Waals surface area contributed by atoms with Gasteiger partial charge in [-0.1, -0.05) is 0 Å². The zero-order valence-electron chi connectivity index (χ0n) is 15.7. The molecular formula is C18H21N9O. The Balaban J connectivity index is 1.52. The zero-order chi connectivity index (χ0) is 19.7. The molecule has 10 heteroatoms. The summed E-state index contributed by atoms with van der Waals surface area (Å²) in [4.78, 5) is 25.5. The first-order valence-electron chi connectivity index (χ1n) is 9.01. The van der Waals surface area contributed by atoms with Gasteiger partial charge in [-0.15, -0.1) is 0 Å². The second-order valence-corrected chi connectivity index (χ2v) is 6.35. The molecule has 0 radical (unpaired) electrons. The van der Waals surface area contributed by atoms with Gasteiger partial charge < -0.3 is 20.2 Å². The van der Waals surface area contributed by atoms with Gasteiger partial charge in [0, 0.05) is 32.0 Å². The van der Waals surface area contributed by atoms with Gasteiger partial charge in [-0.25, -0.2) is 4.98 Å². The van der Waals surface area contributed by atoms with Crippen molar-refractivity contribution in [2.45, 2.75) is 26.9 Å². The van der Waals surface area contributed by atoms with Crippen molar-refractivity contribution in [1.29, 1.82) is 0 Å². The van der Waals surface area contributed by atoms with E-state index in [1.807, 2.05) is 47.5 Å². The Morgan fingerprint density at radius 1 is 1.25 bits per heavy atom. The van der Waals surface area contributed by atoms with Crippen molar-refractivity contribution in [2.24, 2.45) is 0 Å². The summed E-state index contributed by atoms with van der Waals surface area (Å²) in [7, 11) is 0. The number of fused-ring (bicyclic) bond motifs is 1. The van der Waals surface area contributed by atoms with Crippen molar-refractivity contribution < 1.29 is 4.79 Å². The number of carbonyl (C=O) groups excluding carboxylic acids is 1. The van der Waals surface area contributed by atoms with Gasteiger partial charge in [0.15, 0.2) is 17.0 Å². The lowest BCUT2D eigenvalue weighted by molar-refractivity contribution is 0.0941. The largest absolute Gasteiger partial charge is 0.368 e. The predicted octanol–water partition coefficient (Wildman–Crippen LogP) is 1.15. The van der Waals surface area contributed by atoms with Crippen molar-refractivity contribution in [3.63, 3.8) is 0 Å². The second-order valence-electron chi connectivity index (χ2n) is 6.35. The smallest absolute Gasteiger partial charge is 0.269 e. The van der Waals surface area contributed by atoms with Crippen LogP contribution in [-0.2, 0) is 13.1 Å². The van der Waals surface area contributed by atoms with Crippen LogP contribution in [0.15, 0.2) is 36.9 Å². The van der Waals surface area contributed by atoms with E-state index in [0.717, 1.165) is 5.69 Å². The van der Waals surface area contributed by atoms with Crippen LogP contribution in [0.5, 0.6) is 0 Å². The van der Waals surface area contributed by atoms with Crippen molar-refractivity contribution in [2.75, 3.05) is 12.3 Å². The molecule has 3 N–H and O–H groups in total. The minimum Gasteiger partial charge on any atom is -0.368 e. The van der Waals surface area contributed by atoms with E-state index in [4.69, 9.17) is 5.73 Å². The SMILES string of the molecule is CCn1nc(C)cc1C(=O)NCCn1cnc2c(-n3cccc3)nc(N)nc21. The van der Waals surface area contributed by atoms with Gasteiger partial charge in [0.05, 0.1) is 12.0 Å². The van der Waals surface area contributed by atoms with E-state index in [-0.39, 0.29) is 11.9 Å². The predicted molar refractivity (Wildman–Crippen MR) is 104 cm³/mol. The van der Waals surface area contributed by atoms with Crippen LogP contribution >= 0.6 is 0 Å². The number of nitrogens with two attached hydrogens (primary N) is 1. The number of amides is 1. The van der Waals surface area contributed by atoms with Crippen LogP contribution in [0, 0.1) is 6.92 Å². The molecule has 4 heterocycles. The molecule has 0 aliphatic carbocycles. The third kappa shape index (κ3) is 3.20. The van der Waals surface area contributed by atoms with E-state index >= 15 is 0 Å². The quantitative estimate of drug-likeness (QED) is 0.518. The third-order valence-electron chi connectivity index (χ3n) is 4.38. The molecule has 0 aliphatic rings. The normalized spacial score (nSPS) is 11.2. The molecule has 0 spiro atoms. The molecule has 144 valence electrons. The van der Waals surface area contributed by atoms with Gasteiger partial charge in [0.1, 0.15) is 5.69 Å². The minimum absolute atomic E-state index is 0.158. The van der Waals surface area contributed by atoms with E-state index in [1.165, 1.54) is 0 Å². The first-order chi connectivity index (χ1) is 13.6. The highest BCUT2D eigenvalue weighted by molar-refractivity contribution is 5.92. The van der Waals surface area contributed by atoms with Gasteiger partial charge in [-0.2, -0.15) is 15.1 Å². The maximum absolute atomic E-state index is 12.4. The summed E-state index contributed by atoms with van der Waals surface area (Å²) in [6, 6.07) is 5.58. The van der Waals surface area contributed by atoms with Crippen molar-refractivity contribution in [3.05, 3.63) is 48.3 Å². The topological polar surface area (TPSA) is 121 Å². The molecule has 0 unspecified atom stereocenters. The molecule has 0 bridgehead atoms. The van der Waals surface area contributed by atoms with Crippen molar-refractivity contribution in [3.8, 4) is 5.82 Å². The van der Waals surface area contributed by atoms with Crippen LogP contribution in [0.4, 0.5) is 5.95 Å². The Hall–Kier alpha value is -3.69. The monoisotopic (exact) mass is 379 g/mol. The van der Waals surface area contributed by atoms with Crippen molar-refractivity contribution in [1.82, 2.24) is 39.2 Å². The molecular weight excluding hydrogens is 358 g/mol. The molecule has 28 heavy (non-hydrogen) atoms. The maximum Gasteiger partial charge on any atom is 0.269 e. The first-order valence-corrected chi connectivity index (χ1v) is 9.01. The number of nitrogens with zero attached hydrogens (tertiary/aromatic N) is 7. The summed E-state index contributed by atoms with van der Waals surface area (Å²) < 4.78 is 5.38. The number of rotatable bonds is 6. The Morgan fingerprint density at radius 2 is 2.04 bits per heavy atom. The summed E-state index contributed by atoms with van der Waals surface area (Å²) in [5.74, 6) is 0.635. The number of aryl methyl sites for hydroxylation is 2. The molecule has 0 saturated carbocycles. The Labute approximate surface area is 161 Å². The highest BCUT2D eigenvalue weighted by Crippen LogP contribution is 2.19. The third-order valence-corrected chi connectivity index (χ3v) is 4.38. The van der Waals surface area contributed by atoms with Crippen molar-refractivity contribution >= 4 is 23.0 Å². The average molecular weight is 379 g/mol. The molecule has 0 aliphatic heterocycles. The number of hydrogen-bond donors (Lipinski definition) is 2. The summed E-state index contributed by atoms with van der Waals surface area (Å²) in [6.07, 6.45) is 5.43. The summed E-state index contributed by atoms with van der Waals surface area (Å²) in [5.41, 5.74) is 8.53. The van der Waals surface area contributed by atoms with Gasteiger partial charge in [0.2, 0.25) is 5.95 Å². The summed E-state index contributed by atoms with van der Waals surface area (Å²) in [6.45, 7) is 5.38. The standard InChI is InChI=1S/C18H21N9O/c1-3-27-13(10-12(2)24-27)17(28)20-6-9-26-11-21-14-15(25-7-4-5-8-25)22-18(19)23-16(14)26/h4-5,7-8,10-11H,3,6,9H2,1-2H3,(H,20,28)(H2,19,22,23). The fourth-order valence-corrected chi connectivity index (χ4v) is 3.11. The van der Waals surface area contributed by atoms with Gasteiger partial charge in [0.25, 0.3) is 5.91 Å². The fraction of sp³-hybridized carbons (Fsp3) is 0.278. The van der Waals surface area contributed by atoms with E-state index < -0.39 is 0 Å². The summed E-state index contributed by atoms with van der Waals surface area (Å²) >= 11 is 0. The molecule has 4 rings (SSSR count). The minimum atomic E-state index is -0.158. The van der Waals surface area contributed by atoms with Crippen LogP contribution in [0.1, 0.15) is 23.1 Å². The lowest BCUT2D eigenvalue weighted by atomic mass is 10.3. The Bertz CT molecular complexity index is 1120. The summed E-state index contributed by atoms with van der Waals surface area (Å²) in [5, 5.41) is 7.22. The van der Waals surface area contributed by atoms with Crippen LogP contribution in [0.2, 0.25) is 0 Å².